The minimum absolute atomic E-state index is 0.0499. The van der Waals surface area contributed by atoms with Crippen LogP contribution in [0.25, 0.3) is 0 Å². The number of ketones is 1. The van der Waals surface area contributed by atoms with Crippen LogP contribution >= 0.6 is 0 Å². The molecule has 0 N–H and O–H groups in total. The van der Waals surface area contributed by atoms with E-state index in [0.29, 0.717) is 5.75 Å². The van der Waals surface area contributed by atoms with Crippen molar-refractivity contribution in [1.82, 2.24) is 0 Å². The summed E-state index contributed by atoms with van der Waals surface area (Å²) in [7, 11) is 3.93. The lowest BCUT2D eigenvalue weighted by atomic mass is 10.1. The van der Waals surface area contributed by atoms with E-state index >= 15 is 0 Å². The number of carbonyl (C=O) groups is 2. The molecule has 0 spiro atoms. The van der Waals surface area contributed by atoms with E-state index in [1.165, 1.54) is 20.3 Å². The number of methoxy groups -OCH3 is 2. The molecule has 0 radical (unpaired) electrons. The third kappa shape index (κ3) is 2.73. The molecule has 0 aromatic heterocycles. The average Bonchev–Trinajstić information content (AvgIpc) is 2.36. The molecule has 0 aliphatic heterocycles. The van der Waals surface area contributed by atoms with Gasteiger partial charge in [0.15, 0.2) is 11.5 Å². The highest BCUT2D eigenvalue weighted by Gasteiger charge is 2.24. The van der Waals surface area contributed by atoms with Crippen LogP contribution in [0.2, 0.25) is 0 Å². The van der Waals surface area contributed by atoms with Crippen LogP contribution in [0.15, 0.2) is 18.2 Å². The van der Waals surface area contributed by atoms with Crippen LogP contribution in [-0.4, -0.2) is 33.1 Å². The number of para-hydroxylation sites is 1. The van der Waals surface area contributed by atoms with Gasteiger partial charge in [0.2, 0.25) is 0 Å². The van der Waals surface area contributed by atoms with Gasteiger partial charge in [0.25, 0.3) is 5.78 Å². The topological polar surface area (TPSA) is 71.1 Å². The second kappa shape index (κ2) is 5.86. The second-order valence-electron chi connectivity index (χ2n) is 2.91. The summed E-state index contributed by atoms with van der Waals surface area (Å²) in [6.07, 6.45) is 0. The highest BCUT2D eigenvalue weighted by molar-refractivity contribution is 6.41. The van der Waals surface area contributed by atoms with Crippen LogP contribution < -0.4 is 9.47 Å². The molecule has 0 unspecified atom stereocenters. The maximum absolute atomic E-state index is 11.7. The molecular weight excluding hydrogens is 228 g/mol. The third-order valence-corrected chi connectivity index (χ3v) is 1.99. The van der Waals surface area contributed by atoms with Crippen LogP contribution in [0.4, 0.5) is 0 Å². The van der Waals surface area contributed by atoms with Gasteiger partial charge in [0, 0.05) is 0 Å². The van der Waals surface area contributed by atoms with Crippen molar-refractivity contribution >= 4 is 11.8 Å². The lowest BCUT2D eigenvalue weighted by Gasteiger charge is -2.10. The number of ether oxygens (including phenoxy) is 2. The molecule has 92 valence electrons. The molecule has 6 heteroatoms. The first-order chi connectivity index (χ1) is 8.15. The van der Waals surface area contributed by atoms with Crippen LogP contribution in [0, 0.1) is 0 Å². The smallest absolute Gasteiger partial charge is 0.413 e. The Balaban J connectivity index is 3.13. The predicted molar refractivity (Wildman–Crippen MR) is 57.0 cm³/mol. The van der Waals surface area contributed by atoms with E-state index in [9.17, 15) is 9.59 Å². The zero-order valence-electron chi connectivity index (χ0n) is 9.68. The van der Waals surface area contributed by atoms with Gasteiger partial charge < -0.3 is 9.47 Å². The van der Waals surface area contributed by atoms with Gasteiger partial charge in [-0.1, -0.05) is 6.07 Å². The highest BCUT2D eigenvalue weighted by Crippen LogP contribution is 2.31. The first-order valence-corrected chi connectivity index (χ1v) is 4.66. The molecule has 6 nitrogen and oxygen atoms in total. The summed E-state index contributed by atoms with van der Waals surface area (Å²) in [5.41, 5.74) is 0.0499. The molecule has 0 aliphatic carbocycles. The van der Waals surface area contributed by atoms with E-state index in [-0.39, 0.29) is 11.3 Å². The number of Topliss-reactive ketones (excluding diaryl/α,β-unsaturated/α-hetero) is 1. The number of carbonyl (C=O) groups excluding carboxylic acids is 2. The molecular formula is C11H12O6. The van der Waals surface area contributed by atoms with Crippen molar-refractivity contribution in [3.63, 3.8) is 0 Å². The summed E-state index contributed by atoms with van der Waals surface area (Å²) >= 11 is 0. The normalized spacial score (nSPS) is 9.59. The summed E-state index contributed by atoms with van der Waals surface area (Å²) in [5.74, 6) is -1.47. The number of benzene rings is 1. The summed E-state index contributed by atoms with van der Waals surface area (Å²) in [4.78, 5) is 31.2. The SMILES string of the molecule is COOC(=O)C(=O)c1cccc(OC)c1OC. The standard InChI is InChI=1S/C11H12O6/c1-14-8-6-4-5-7(10(8)15-2)9(12)11(13)17-16-3/h4-6H,1-3H3. The zero-order chi connectivity index (χ0) is 12.8. The van der Waals surface area contributed by atoms with Crippen molar-refractivity contribution < 1.29 is 28.8 Å². The Morgan fingerprint density at radius 3 is 2.29 bits per heavy atom. The average molecular weight is 240 g/mol. The van der Waals surface area contributed by atoms with Gasteiger partial charge in [0.1, 0.15) is 0 Å². The molecule has 0 saturated carbocycles. The quantitative estimate of drug-likeness (QED) is 0.331. The monoisotopic (exact) mass is 240 g/mol. The van der Waals surface area contributed by atoms with E-state index in [2.05, 4.69) is 9.78 Å². The first-order valence-electron chi connectivity index (χ1n) is 4.66. The summed E-state index contributed by atoms with van der Waals surface area (Å²) in [5, 5.41) is 0. The van der Waals surface area contributed by atoms with Crippen LogP contribution in [-0.2, 0) is 14.6 Å². The van der Waals surface area contributed by atoms with Gasteiger partial charge in [-0.15, -0.1) is 0 Å². The van der Waals surface area contributed by atoms with Crippen molar-refractivity contribution in [2.24, 2.45) is 0 Å². The van der Waals surface area contributed by atoms with Crippen molar-refractivity contribution in [3.8, 4) is 11.5 Å². The van der Waals surface area contributed by atoms with Gasteiger partial charge in [-0.3, -0.25) is 9.68 Å². The Bertz CT molecular complexity index is 426. The van der Waals surface area contributed by atoms with Crippen molar-refractivity contribution in [1.29, 1.82) is 0 Å². The van der Waals surface area contributed by atoms with Crippen LogP contribution in [0.1, 0.15) is 10.4 Å². The van der Waals surface area contributed by atoms with E-state index in [4.69, 9.17) is 9.47 Å². The van der Waals surface area contributed by atoms with Gasteiger partial charge in [0.05, 0.1) is 26.9 Å². The van der Waals surface area contributed by atoms with E-state index in [1.807, 2.05) is 0 Å². The highest BCUT2D eigenvalue weighted by atomic mass is 17.2. The fourth-order valence-electron chi connectivity index (χ4n) is 1.29. The van der Waals surface area contributed by atoms with Crippen molar-refractivity contribution in [2.75, 3.05) is 21.3 Å². The third-order valence-electron chi connectivity index (χ3n) is 1.99. The molecule has 0 fully saturated rings. The molecule has 0 amide bonds. The molecule has 0 aliphatic rings. The van der Waals surface area contributed by atoms with Crippen LogP contribution in [0.3, 0.4) is 0 Å². The van der Waals surface area contributed by atoms with E-state index in [0.717, 1.165) is 7.11 Å². The fraction of sp³-hybridized carbons (Fsp3) is 0.273. The molecule has 0 atom stereocenters. The molecule has 1 aromatic carbocycles. The van der Waals surface area contributed by atoms with E-state index in [1.54, 1.807) is 12.1 Å². The molecule has 0 saturated heterocycles. The molecule has 17 heavy (non-hydrogen) atoms. The number of hydrogen-bond acceptors (Lipinski definition) is 6. The largest absolute Gasteiger partial charge is 0.493 e. The Labute approximate surface area is 98.0 Å². The Morgan fingerprint density at radius 2 is 1.76 bits per heavy atom. The lowest BCUT2D eigenvalue weighted by molar-refractivity contribution is -0.248. The summed E-state index contributed by atoms with van der Waals surface area (Å²) in [6, 6.07) is 4.60. The molecule has 0 bridgehead atoms. The molecule has 1 rings (SSSR count). The fourth-order valence-corrected chi connectivity index (χ4v) is 1.29. The van der Waals surface area contributed by atoms with Gasteiger partial charge in [-0.25, -0.2) is 4.79 Å². The van der Waals surface area contributed by atoms with Crippen LogP contribution in [0.5, 0.6) is 11.5 Å². The molecule has 1 aromatic rings. The second-order valence-corrected chi connectivity index (χ2v) is 2.91. The van der Waals surface area contributed by atoms with E-state index < -0.39 is 11.8 Å². The van der Waals surface area contributed by atoms with Crippen molar-refractivity contribution in [3.05, 3.63) is 23.8 Å². The molecule has 0 heterocycles. The lowest BCUT2D eigenvalue weighted by Crippen LogP contribution is -2.18. The minimum Gasteiger partial charge on any atom is -0.493 e. The maximum Gasteiger partial charge on any atom is 0.413 e. The first kappa shape index (κ1) is 13.0. The maximum atomic E-state index is 11.7. The van der Waals surface area contributed by atoms with Gasteiger partial charge >= 0.3 is 5.97 Å². The summed E-state index contributed by atoms with van der Waals surface area (Å²) in [6.45, 7) is 0. The number of hydrogen-bond donors (Lipinski definition) is 0. The van der Waals surface area contributed by atoms with Crippen molar-refractivity contribution in [2.45, 2.75) is 0 Å². The predicted octanol–water partition coefficient (Wildman–Crippen LogP) is 0.991. The van der Waals surface area contributed by atoms with Gasteiger partial charge in [-0.05, 0) is 12.1 Å². The Hall–Kier alpha value is -2.08. The summed E-state index contributed by atoms with van der Waals surface area (Å²) < 4.78 is 10.0. The van der Waals surface area contributed by atoms with Gasteiger partial charge in [-0.2, -0.15) is 4.89 Å². The number of rotatable bonds is 5. The Kier molecular flexibility index (Phi) is 4.47. The zero-order valence-corrected chi connectivity index (χ0v) is 9.68. The Morgan fingerprint density at radius 1 is 1.06 bits per heavy atom. The minimum atomic E-state index is -1.13.